The van der Waals surface area contributed by atoms with Gasteiger partial charge in [0, 0.05) is 30.6 Å². The molecule has 2 nitrogen and oxygen atoms in total. The Labute approximate surface area is 123 Å². The molecule has 0 spiro atoms. The fourth-order valence-electron chi connectivity index (χ4n) is 1.96. The molecular formula is C16H17ClFNO. The molecule has 0 bridgehead atoms. The maximum absolute atomic E-state index is 13.7. The highest BCUT2D eigenvalue weighted by Gasteiger charge is 2.03. The van der Waals surface area contributed by atoms with E-state index in [1.807, 2.05) is 24.3 Å². The lowest BCUT2D eigenvalue weighted by Gasteiger charge is -2.08. The van der Waals surface area contributed by atoms with Crippen LogP contribution in [0.1, 0.15) is 16.7 Å². The first kappa shape index (κ1) is 14.8. The molecule has 1 N–H and O–H groups in total. The summed E-state index contributed by atoms with van der Waals surface area (Å²) in [5, 5.41) is 3.22. The van der Waals surface area contributed by atoms with Crippen LogP contribution in [-0.4, -0.2) is 7.11 Å². The SMILES string of the molecule is COc1ccc(CNCc2cccc(CCl)c2)c(F)c1. The van der Waals surface area contributed by atoms with Crippen molar-refractivity contribution >= 4 is 11.6 Å². The highest BCUT2D eigenvalue weighted by Crippen LogP contribution is 2.16. The van der Waals surface area contributed by atoms with Crippen LogP contribution in [0.3, 0.4) is 0 Å². The van der Waals surface area contributed by atoms with Crippen LogP contribution in [-0.2, 0) is 19.0 Å². The van der Waals surface area contributed by atoms with Crippen LogP contribution in [0.25, 0.3) is 0 Å². The topological polar surface area (TPSA) is 21.3 Å². The molecule has 0 aliphatic heterocycles. The van der Waals surface area contributed by atoms with E-state index in [4.69, 9.17) is 16.3 Å². The Morgan fingerprint density at radius 3 is 2.60 bits per heavy atom. The Bertz CT molecular complexity index is 574. The van der Waals surface area contributed by atoms with Gasteiger partial charge in [0.25, 0.3) is 0 Å². The number of alkyl halides is 1. The van der Waals surface area contributed by atoms with E-state index >= 15 is 0 Å². The van der Waals surface area contributed by atoms with E-state index in [2.05, 4.69) is 5.32 Å². The number of halogens is 2. The fraction of sp³-hybridized carbons (Fsp3) is 0.250. The van der Waals surface area contributed by atoms with Crippen LogP contribution in [0, 0.1) is 5.82 Å². The number of benzene rings is 2. The van der Waals surface area contributed by atoms with Gasteiger partial charge in [-0.25, -0.2) is 4.39 Å². The number of hydrogen-bond donors (Lipinski definition) is 1. The molecule has 0 heterocycles. The van der Waals surface area contributed by atoms with Gasteiger partial charge in [0.2, 0.25) is 0 Å². The number of nitrogens with one attached hydrogen (secondary N) is 1. The lowest BCUT2D eigenvalue weighted by molar-refractivity contribution is 0.410. The van der Waals surface area contributed by atoms with Gasteiger partial charge in [0.1, 0.15) is 11.6 Å². The molecular weight excluding hydrogens is 277 g/mol. The van der Waals surface area contributed by atoms with Crippen molar-refractivity contribution in [1.29, 1.82) is 0 Å². The average molecular weight is 294 g/mol. The smallest absolute Gasteiger partial charge is 0.131 e. The number of methoxy groups -OCH3 is 1. The molecule has 0 radical (unpaired) electrons. The second kappa shape index (κ2) is 7.27. The van der Waals surface area contributed by atoms with E-state index in [0.29, 0.717) is 30.3 Å². The molecule has 0 amide bonds. The van der Waals surface area contributed by atoms with E-state index < -0.39 is 0 Å². The normalized spacial score (nSPS) is 10.6. The zero-order chi connectivity index (χ0) is 14.4. The van der Waals surface area contributed by atoms with Gasteiger partial charge < -0.3 is 10.1 Å². The molecule has 0 saturated heterocycles. The molecule has 4 heteroatoms. The highest BCUT2D eigenvalue weighted by atomic mass is 35.5. The van der Waals surface area contributed by atoms with E-state index in [-0.39, 0.29) is 5.82 Å². The lowest BCUT2D eigenvalue weighted by Crippen LogP contribution is -2.13. The van der Waals surface area contributed by atoms with E-state index in [1.54, 1.807) is 12.1 Å². The van der Waals surface area contributed by atoms with Crippen molar-refractivity contribution in [3.8, 4) is 5.75 Å². The fourth-order valence-corrected chi connectivity index (χ4v) is 2.13. The molecule has 106 valence electrons. The largest absolute Gasteiger partial charge is 0.497 e. The predicted molar refractivity (Wildman–Crippen MR) is 79.5 cm³/mol. The number of hydrogen-bond acceptors (Lipinski definition) is 2. The van der Waals surface area contributed by atoms with Crippen LogP contribution in [0.2, 0.25) is 0 Å². The van der Waals surface area contributed by atoms with Crippen LogP contribution >= 0.6 is 11.6 Å². The zero-order valence-electron chi connectivity index (χ0n) is 11.3. The number of ether oxygens (including phenoxy) is 1. The van der Waals surface area contributed by atoms with Gasteiger partial charge >= 0.3 is 0 Å². The minimum atomic E-state index is -0.258. The Morgan fingerprint density at radius 2 is 1.90 bits per heavy atom. The highest BCUT2D eigenvalue weighted by molar-refractivity contribution is 6.17. The monoisotopic (exact) mass is 293 g/mol. The summed E-state index contributed by atoms with van der Waals surface area (Å²) >= 11 is 5.80. The lowest BCUT2D eigenvalue weighted by atomic mass is 10.1. The van der Waals surface area contributed by atoms with Crippen LogP contribution in [0.15, 0.2) is 42.5 Å². The average Bonchev–Trinajstić information content (AvgIpc) is 2.49. The Morgan fingerprint density at radius 1 is 1.10 bits per heavy atom. The molecule has 0 atom stereocenters. The maximum Gasteiger partial charge on any atom is 0.131 e. The molecule has 0 aliphatic carbocycles. The van der Waals surface area contributed by atoms with Crippen molar-refractivity contribution in [1.82, 2.24) is 5.32 Å². The first-order valence-electron chi connectivity index (χ1n) is 6.40. The van der Waals surface area contributed by atoms with Gasteiger partial charge in [-0.05, 0) is 17.2 Å². The summed E-state index contributed by atoms with van der Waals surface area (Å²) in [6, 6.07) is 12.9. The minimum absolute atomic E-state index is 0.258. The van der Waals surface area contributed by atoms with Crippen LogP contribution in [0.5, 0.6) is 5.75 Å². The molecule has 0 saturated carbocycles. The predicted octanol–water partition coefficient (Wildman–Crippen LogP) is 3.86. The maximum atomic E-state index is 13.7. The molecule has 2 aromatic carbocycles. The van der Waals surface area contributed by atoms with Gasteiger partial charge in [0.05, 0.1) is 7.11 Å². The van der Waals surface area contributed by atoms with E-state index in [0.717, 1.165) is 11.1 Å². The van der Waals surface area contributed by atoms with Gasteiger partial charge in [-0.15, -0.1) is 11.6 Å². The van der Waals surface area contributed by atoms with Crippen molar-refractivity contribution in [3.63, 3.8) is 0 Å². The molecule has 0 fully saturated rings. The summed E-state index contributed by atoms with van der Waals surface area (Å²) in [5.41, 5.74) is 2.85. The van der Waals surface area contributed by atoms with Crippen molar-refractivity contribution in [2.45, 2.75) is 19.0 Å². The zero-order valence-corrected chi connectivity index (χ0v) is 12.1. The van der Waals surface area contributed by atoms with E-state index in [9.17, 15) is 4.39 Å². The van der Waals surface area contributed by atoms with E-state index in [1.165, 1.54) is 13.2 Å². The minimum Gasteiger partial charge on any atom is -0.497 e. The van der Waals surface area contributed by atoms with Crippen LogP contribution < -0.4 is 10.1 Å². The van der Waals surface area contributed by atoms with Gasteiger partial charge in [-0.2, -0.15) is 0 Å². The van der Waals surface area contributed by atoms with Gasteiger partial charge in [-0.3, -0.25) is 0 Å². The molecule has 0 aromatic heterocycles. The molecule has 20 heavy (non-hydrogen) atoms. The van der Waals surface area contributed by atoms with Crippen LogP contribution in [0.4, 0.5) is 4.39 Å². The van der Waals surface area contributed by atoms with Gasteiger partial charge in [0.15, 0.2) is 0 Å². The summed E-state index contributed by atoms with van der Waals surface area (Å²) in [5.74, 6) is 0.772. The first-order valence-corrected chi connectivity index (χ1v) is 6.93. The summed E-state index contributed by atoms with van der Waals surface area (Å²) < 4.78 is 18.7. The molecule has 0 unspecified atom stereocenters. The van der Waals surface area contributed by atoms with Crippen molar-refractivity contribution < 1.29 is 9.13 Å². The standard InChI is InChI=1S/C16H17ClFNO/c1-20-15-6-5-14(16(18)8-15)11-19-10-13-4-2-3-12(7-13)9-17/h2-8,19H,9-11H2,1H3. The third-order valence-corrected chi connectivity index (χ3v) is 3.36. The Kier molecular flexibility index (Phi) is 5.39. The van der Waals surface area contributed by atoms with Crippen molar-refractivity contribution in [2.24, 2.45) is 0 Å². The van der Waals surface area contributed by atoms with Gasteiger partial charge in [-0.1, -0.05) is 30.3 Å². The molecule has 0 aliphatic rings. The van der Waals surface area contributed by atoms with Crippen molar-refractivity contribution in [3.05, 3.63) is 65.0 Å². The third kappa shape index (κ3) is 3.95. The summed E-state index contributed by atoms with van der Waals surface area (Å²) in [7, 11) is 1.52. The second-order valence-electron chi connectivity index (χ2n) is 4.51. The Hall–Kier alpha value is -1.58. The quantitative estimate of drug-likeness (QED) is 0.817. The first-order chi connectivity index (χ1) is 9.72. The van der Waals surface area contributed by atoms with Crippen molar-refractivity contribution in [2.75, 3.05) is 7.11 Å². The summed E-state index contributed by atoms with van der Waals surface area (Å²) in [6.45, 7) is 1.15. The number of rotatable bonds is 6. The second-order valence-corrected chi connectivity index (χ2v) is 4.78. The molecule has 2 rings (SSSR count). The molecule has 2 aromatic rings. The summed E-state index contributed by atoms with van der Waals surface area (Å²) in [4.78, 5) is 0. The summed E-state index contributed by atoms with van der Waals surface area (Å²) in [6.07, 6.45) is 0. The Balaban J connectivity index is 1.92. The third-order valence-electron chi connectivity index (χ3n) is 3.05.